The number of anilines is 2. The van der Waals surface area contributed by atoms with Crippen molar-refractivity contribution in [3.63, 3.8) is 0 Å². The average Bonchev–Trinajstić information content (AvgIpc) is 3.92. The number of thiophene rings is 1. The molecule has 3 aliphatic heterocycles. The van der Waals surface area contributed by atoms with E-state index in [1.54, 1.807) is 45.6 Å². The third kappa shape index (κ3) is 7.42. The number of hydrogen-bond donors (Lipinski definition) is 1. The molecule has 1 N–H and O–H groups in total. The standard InChI is InChI=1S/C41H41ClF3N9O4S/c1-40(2,3)58-39(56)49-36-26(18-46)30-24(8-9-28(44)34(30)59-36)31-27(42)15-25-33(32(31)45)47-38(57-21-41-10-6-12-53(41)19-22(16-41)17-43)48-35(25)52-11-7-13-54-23(20-52)14-29(50-54)37(55)51(4)5/h8-9,14-15,17H,6-7,10-13,16,19-21H2,1-5H3,(H,49,56)/b22-17-. The number of amides is 2. The molecule has 2 amide bonds. The molecule has 2 saturated heterocycles. The predicted octanol–water partition coefficient (Wildman–Crippen LogP) is 8.44. The van der Waals surface area contributed by atoms with Crippen molar-refractivity contribution < 1.29 is 32.2 Å². The third-order valence-corrected chi connectivity index (χ3v) is 12.3. The number of carbonyl (C=O) groups excluding carboxylic acids is 2. The normalized spacial score (nSPS) is 18.8. The summed E-state index contributed by atoms with van der Waals surface area (Å²) in [5, 5.41) is 17.7. The van der Waals surface area contributed by atoms with E-state index in [0.29, 0.717) is 55.9 Å². The van der Waals surface area contributed by atoms with E-state index in [4.69, 9.17) is 26.1 Å². The number of fused-ring (bicyclic) bond motifs is 4. The van der Waals surface area contributed by atoms with Gasteiger partial charge in [0, 0.05) is 50.1 Å². The Morgan fingerprint density at radius 2 is 1.93 bits per heavy atom. The van der Waals surface area contributed by atoms with Crippen LogP contribution in [0, 0.1) is 23.0 Å². The molecule has 0 aliphatic carbocycles. The molecule has 1 unspecified atom stereocenters. The first-order valence-corrected chi connectivity index (χ1v) is 20.3. The van der Waals surface area contributed by atoms with Crippen LogP contribution in [-0.4, -0.2) is 93.0 Å². The molecular weight excluding hydrogens is 807 g/mol. The van der Waals surface area contributed by atoms with E-state index in [-0.39, 0.29) is 72.8 Å². The molecule has 0 radical (unpaired) electrons. The number of ether oxygens (including phenoxy) is 2. The smallest absolute Gasteiger partial charge is 0.412 e. The molecule has 2 aromatic carbocycles. The summed E-state index contributed by atoms with van der Waals surface area (Å²) in [5.74, 6) is -1.47. The maximum Gasteiger partial charge on any atom is 0.412 e. The second-order valence-electron chi connectivity index (χ2n) is 16.3. The largest absolute Gasteiger partial charge is 0.461 e. The lowest BCUT2D eigenvalue weighted by molar-refractivity contribution is 0.0636. The van der Waals surface area contributed by atoms with E-state index in [2.05, 4.69) is 26.4 Å². The van der Waals surface area contributed by atoms with Crippen molar-refractivity contribution in [1.29, 1.82) is 5.26 Å². The van der Waals surface area contributed by atoms with Gasteiger partial charge in [0.15, 0.2) is 11.5 Å². The van der Waals surface area contributed by atoms with E-state index < -0.39 is 28.9 Å². The minimum absolute atomic E-state index is 0.00000264. The Bertz CT molecular complexity index is 2620. The fraction of sp³-hybridized carbons (Fsp3) is 0.415. The minimum Gasteiger partial charge on any atom is -0.461 e. The molecule has 8 rings (SSSR count). The van der Waals surface area contributed by atoms with Crippen LogP contribution >= 0.6 is 22.9 Å². The van der Waals surface area contributed by atoms with Crippen LogP contribution in [0.5, 0.6) is 6.01 Å². The van der Waals surface area contributed by atoms with Gasteiger partial charge in [-0.15, -0.1) is 11.3 Å². The van der Waals surface area contributed by atoms with Gasteiger partial charge < -0.3 is 19.3 Å². The van der Waals surface area contributed by atoms with Gasteiger partial charge in [-0.05, 0) is 82.3 Å². The summed E-state index contributed by atoms with van der Waals surface area (Å²) in [4.78, 5) is 40.7. The van der Waals surface area contributed by atoms with Gasteiger partial charge in [-0.25, -0.2) is 18.0 Å². The molecule has 308 valence electrons. The Balaban J connectivity index is 1.27. The molecular formula is C41H41ClF3N9O4S. The molecule has 1 atom stereocenters. The number of nitrogens with one attached hydrogen (secondary N) is 1. The van der Waals surface area contributed by atoms with Gasteiger partial charge in [0.1, 0.15) is 40.4 Å². The van der Waals surface area contributed by atoms with Gasteiger partial charge in [-0.2, -0.15) is 20.3 Å². The highest BCUT2D eigenvalue weighted by Gasteiger charge is 2.47. The number of hydrogen-bond acceptors (Lipinski definition) is 11. The molecule has 5 aromatic rings. The molecule has 3 aliphatic rings. The summed E-state index contributed by atoms with van der Waals surface area (Å²) in [6, 6.07) is 7.70. The molecule has 6 heterocycles. The number of nitrogens with zero attached hydrogens (tertiary/aromatic N) is 8. The van der Waals surface area contributed by atoms with Crippen LogP contribution in [-0.2, 0) is 17.8 Å². The highest BCUT2D eigenvalue weighted by atomic mass is 35.5. The van der Waals surface area contributed by atoms with E-state index in [1.807, 2.05) is 4.90 Å². The Labute approximate surface area is 346 Å². The second kappa shape index (κ2) is 15.3. The monoisotopic (exact) mass is 847 g/mol. The fourth-order valence-corrected chi connectivity index (χ4v) is 9.67. The Hall–Kier alpha value is -5.44. The highest BCUT2D eigenvalue weighted by molar-refractivity contribution is 7.23. The topological polar surface area (TPSA) is 142 Å². The quantitative estimate of drug-likeness (QED) is 0.170. The lowest BCUT2D eigenvalue weighted by atomic mass is 9.94. The highest BCUT2D eigenvalue weighted by Crippen LogP contribution is 2.47. The minimum atomic E-state index is -0.867. The zero-order valence-electron chi connectivity index (χ0n) is 33.1. The van der Waals surface area contributed by atoms with Crippen LogP contribution in [0.4, 0.5) is 28.8 Å². The molecule has 0 saturated carbocycles. The van der Waals surface area contributed by atoms with Gasteiger partial charge in [0.2, 0.25) is 0 Å². The van der Waals surface area contributed by atoms with Gasteiger partial charge in [-0.1, -0.05) is 17.7 Å². The lowest BCUT2D eigenvalue weighted by Crippen LogP contribution is -2.43. The van der Waals surface area contributed by atoms with E-state index in [0.717, 1.165) is 42.5 Å². The Kier molecular flexibility index (Phi) is 10.5. The van der Waals surface area contributed by atoms with Crippen LogP contribution in [0.2, 0.25) is 5.02 Å². The molecule has 0 bridgehead atoms. The summed E-state index contributed by atoms with van der Waals surface area (Å²) >= 11 is 7.82. The number of rotatable bonds is 7. The lowest BCUT2D eigenvalue weighted by Gasteiger charge is -2.31. The number of nitriles is 1. The van der Waals surface area contributed by atoms with Crippen LogP contribution < -0.4 is 15.0 Å². The molecule has 59 heavy (non-hydrogen) atoms. The maximum absolute atomic E-state index is 17.5. The number of halogens is 4. The third-order valence-electron chi connectivity index (χ3n) is 10.9. The van der Waals surface area contributed by atoms with Crippen molar-refractivity contribution in [1.82, 2.24) is 29.5 Å². The summed E-state index contributed by atoms with van der Waals surface area (Å²) in [6.07, 6.45) is 2.59. The molecule has 18 heteroatoms. The van der Waals surface area contributed by atoms with E-state index >= 15 is 8.78 Å². The average molecular weight is 848 g/mol. The van der Waals surface area contributed by atoms with Gasteiger partial charge in [0.25, 0.3) is 5.91 Å². The predicted molar refractivity (Wildman–Crippen MR) is 219 cm³/mol. The molecule has 3 aromatic heterocycles. The Morgan fingerprint density at radius 1 is 1.14 bits per heavy atom. The number of aromatic nitrogens is 4. The summed E-state index contributed by atoms with van der Waals surface area (Å²) in [7, 11) is 3.31. The fourth-order valence-electron chi connectivity index (χ4n) is 8.31. The van der Waals surface area contributed by atoms with E-state index in [9.17, 15) is 19.2 Å². The van der Waals surface area contributed by atoms with E-state index in [1.165, 1.54) is 17.0 Å². The first-order valence-electron chi connectivity index (χ1n) is 19.1. The zero-order chi connectivity index (χ0) is 42.0. The second-order valence-corrected chi connectivity index (χ2v) is 17.7. The van der Waals surface area contributed by atoms with Crippen molar-refractivity contribution in [3.05, 3.63) is 69.8 Å². The van der Waals surface area contributed by atoms with Gasteiger partial charge >= 0.3 is 12.1 Å². The number of benzene rings is 2. The van der Waals surface area contributed by atoms with Crippen LogP contribution in [0.3, 0.4) is 0 Å². The first kappa shape index (κ1) is 40.3. The number of aryl methyl sites for hydroxylation is 1. The van der Waals surface area contributed by atoms with Crippen LogP contribution in [0.25, 0.3) is 32.1 Å². The summed E-state index contributed by atoms with van der Waals surface area (Å²) in [6.45, 7) is 7.71. The maximum atomic E-state index is 17.5. The van der Waals surface area contributed by atoms with Gasteiger partial charge in [-0.3, -0.25) is 19.7 Å². The summed E-state index contributed by atoms with van der Waals surface area (Å²) < 4.78 is 60.3. The number of carbonyl (C=O) groups is 2. The van der Waals surface area contributed by atoms with Crippen LogP contribution in [0.15, 0.2) is 36.2 Å². The SMILES string of the molecule is CN(C)C(=O)c1cc2n(n1)CCCN(c1nc(OCC34CCCN3C/C(=C\F)C4)nc3c(F)c(-c4ccc(F)c5sc(NC(=O)OC(C)(C)C)c(C#N)c45)c(Cl)cc13)C2. The van der Waals surface area contributed by atoms with Crippen molar-refractivity contribution in [2.75, 3.05) is 50.6 Å². The first-order chi connectivity index (χ1) is 28.1. The summed E-state index contributed by atoms with van der Waals surface area (Å²) in [5.41, 5.74) is 0.114. The molecule has 13 nitrogen and oxygen atoms in total. The van der Waals surface area contributed by atoms with Crippen molar-refractivity contribution in [2.24, 2.45) is 0 Å². The zero-order valence-corrected chi connectivity index (χ0v) is 34.7. The molecule has 0 spiro atoms. The van der Waals surface area contributed by atoms with Crippen molar-refractivity contribution in [2.45, 2.75) is 70.7 Å². The van der Waals surface area contributed by atoms with Crippen molar-refractivity contribution >= 4 is 66.7 Å². The molecule has 2 fully saturated rings. The van der Waals surface area contributed by atoms with Crippen LogP contribution in [0.1, 0.15) is 68.2 Å². The van der Waals surface area contributed by atoms with Crippen molar-refractivity contribution in [3.8, 4) is 23.2 Å². The van der Waals surface area contributed by atoms with Gasteiger partial charge in [0.05, 0.1) is 39.4 Å². The Morgan fingerprint density at radius 3 is 2.66 bits per heavy atom.